The summed E-state index contributed by atoms with van der Waals surface area (Å²) >= 11 is 0. The average molecular weight is 250 g/mol. The summed E-state index contributed by atoms with van der Waals surface area (Å²) in [4.78, 5) is 1.67. The molecule has 0 aromatic heterocycles. The van der Waals surface area contributed by atoms with Gasteiger partial charge in [-0.3, -0.25) is 5.01 Å². The normalized spacial score (nSPS) is 19.4. The third kappa shape index (κ3) is 4.56. The van der Waals surface area contributed by atoms with Crippen molar-refractivity contribution in [3.05, 3.63) is 0 Å². The summed E-state index contributed by atoms with van der Waals surface area (Å²) in [5.41, 5.74) is 0.204. The number of hydrazone groups is 1. The molecule has 0 bridgehead atoms. The predicted octanol–water partition coefficient (Wildman–Crippen LogP) is 3.37. The van der Waals surface area contributed by atoms with Gasteiger partial charge in [-0.25, -0.2) is 4.90 Å². The van der Waals surface area contributed by atoms with Crippen molar-refractivity contribution < 1.29 is 0 Å². The highest BCUT2D eigenvalue weighted by Crippen LogP contribution is 2.27. The van der Waals surface area contributed by atoms with Gasteiger partial charge in [0, 0.05) is 6.54 Å². The molecule has 0 N–H and O–H groups in total. The van der Waals surface area contributed by atoms with E-state index in [2.05, 4.69) is 44.0 Å². The highest BCUT2D eigenvalue weighted by atomic mass is 15.6. The van der Waals surface area contributed by atoms with Crippen molar-refractivity contribution in [1.82, 2.24) is 9.91 Å². The molecule has 1 unspecified atom stereocenters. The summed E-state index contributed by atoms with van der Waals surface area (Å²) in [6.07, 6.45) is 9.87. The van der Waals surface area contributed by atoms with Crippen molar-refractivity contribution in [3.63, 3.8) is 0 Å². The first-order valence-corrected chi connectivity index (χ1v) is 6.97. The van der Waals surface area contributed by atoms with Crippen molar-refractivity contribution in [1.29, 1.82) is 5.26 Å². The van der Waals surface area contributed by atoms with E-state index in [-0.39, 0.29) is 11.6 Å². The second-order valence-electron chi connectivity index (χ2n) is 6.21. The molecule has 0 aromatic carbocycles. The fourth-order valence-electron chi connectivity index (χ4n) is 2.17. The van der Waals surface area contributed by atoms with Crippen LogP contribution in [0.2, 0.25) is 0 Å². The summed E-state index contributed by atoms with van der Waals surface area (Å²) in [7, 11) is 0. The standard InChI is InChI=1S/C14H26N4/c1-5-6-7-8-9-18-13(10-14(2,3)4)17(11-15)12-16-18/h12-13H,5-10H2,1-4H3. The molecule has 0 aromatic rings. The molecule has 18 heavy (non-hydrogen) atoms. The lowest BCUT2D eigenvalue weighted by Crippen LogP contribution is -2.40. The minimum Gasteiger partial charge on any atom is -0.272 e. The number of unbranched alkanes of at least 4 members (excludes halogenated alkanes) is 3. The summed E-state index contributed by atoms with van der Waals surface area (Å²) in [6, 6.07) is 0. The maximum atomic E-state index is 9.12. The number of hydrogen-bond donors (Lipinski definition) is 0. The molecule has 102 valence electrons. The minimum absolute atomic E-state index is 0.108. The van der Waals surface area contributed by atoms with Crippen LogP contribution in [0.1, 0.15) is 59.8 Å². The molecule has 0 saturated carbocycles. The lowest BCUT2D eigenvalue weighted by atomic mass is 9.90. The van der Waals surface area contributed by atoms with E-state index in [1.165, 1.54) is 19.3 Å². The Bertz CT molecular complexity index is 311. The maximum Gasteiger partial charge on any atom is 0.187 e. The molecular formula is C14H26N4. The molecule has 0 aliphatic carbocycles. The van der Waals surface area contributed by atoms with Gasteiger partial charge in [0.05, 0.1) is 0 Å². The second-order valence-corrected chi connectivity index (χ2v) is 6.21. The van der Waals surface area contributed by atoms with E-state index >= 15 is 0 Å². The molecule has 0 radical (unpaired) electrons. The number of rotatable bonds is 6. The van der Waals surface area contributed by atoms with Gasteiger partial charge >= 0.3 is 0 Å². The zero-order valence-electron chi connectivity index (χ0n) is 12.2. The van der Waals surface area contributed by atoms with E-state index < -0.39 is 0 Å². The molecule has 0 fully saturated rings. The Morgan fingerprint density at radius 1 is 1.28 bits per heavy atom. The topological polar surface area (TPSA) is 42.6 Å². The molecule has 1 rings (SSSR count). The first-order chi connectivity index (χ1) is 8.48. The first kappa shape index (κ1) is 14.8. The lowest BCUT2D eigenvalue weighted by molar-refractivity contribution is 0.112. The van der Waals surface area contributed by atoms with Crippen molar-refractivity contribution >= 4 is 6.34 Å². The Morgan fingerprint density at radius 2 is 2.00 bits per heavy atom. The number of nitrogens with zero attached hydrogens (tertiary/aromatic N) is 4. The molecule has 4 nitrogen and oxygen atoms in total. The van der Waals surface area contributed by atoms with Crippen molar-refractivity contribution in [3.8, 4) is 6.19 Å². The first-order valence-electron chi connectivity index (χ1n) is 6.97. The Morgan fingerprint density at radius 3 is 2.56 bits per heavy atom. The molecular weight excluding hydrogens is 224 g/mol. The van der Waals surface area contributed by atoms with Crippen LogP contribution < -0.4 is 0 Å². The van der Waals surface area contributed by atoms with E-state index in [1.54, 1.807) is 11.2 Å². The van der Waals surface area contributed by atoms with Gasteiger partial charge in [-0.15, -0.1) is 0 Å². The van der Waals surface area contributed by atoms with Gasteiger partial charge in [-0.05, 0) is 18.3 Å². The Balaban J connectivity index is 2.50. The van der Waals surface area contributed by atoms with Gasteiger partial charge in [-0.2, -0.15) is 10.4 Å². The van der Waals surface area contributed by atoms with Crippen LogP contribution in [0, 0.1) is 16.9 Å². The summed E-state index contributed by atoms with van der Waals surface area (Å²) < 4.78 is 0. The third-order valence-electron chi connectivity index (χ3n) is 3.14. The van der Waals surface area contributed by atoms with Crippen molar-refractivity contribution in [2.75, 3.05) is 6.54 Å². The zero-order valence-corrected chi connectivity index (χ0v) is 12.2. The smallest absolute Gasteiger partial charge is 0.187 e. The van der Waals surface area contributed by atoms with E-state index in [0.29, 0.717) is 0 Å². The molecule has 1 aliphatic heterocycles. The van der Waals surface area contributed by atoms with Crippen molar-refractivity contribution in [2.45, 2.75) is 66.0 Å². The van der Waals surface area contributed by atoms with Crippen LogP contribution in [0.4, 0.5) is 0 Å². The fraction of sp³-hybridized carbons (Fsp3) is 0.857. The van der Waals surface area contributed by atoms with Gasteiger partial charge < -0.3 is 0 Å². The summed E-state index contributed by atoms with van der Waals surface area (Å²) in [6.45, 7) is 9.78. The van der Waals surface area contributed by atoms with Crippen LogP contribution in [-0.4, -0.2) is 29.0 Å². The van der Waals surface area contributed by atoms with Crippen LogP contribution in [0.15, 0.2) is 5.10 Å². The van der Waals surface area contributed by atoms with Crippen LogP contribution in [0.5, 0.6) is 0 Å². The molecule has 0 saturated heterocycles. The Labute approximate surface area is 111 Å². The molecule has 4 heteroatoms. The molecule has 1 aliphatic rings. The minimum atomic E-state index is 0.108. The summed E-state index contributed by atoms with van der Waals surface area (Å²) in [5.74, 6) is 0. The van der Waals surface area contributed by atoms with Crippen LogP contribution in [0.25, 0.3) is 0 Å². The largest absolute Gasteiger partial charge is 0.272 e. The lowest BCUT2D eigenvalue weighted by Gasteiger charge is -2.31. The molecule has 1 atom stereocenters. The van der Waals surface area contributed by atoms with Crippen molar-refractivity contribution in [2.24, 2.45) is 10.5 Å². The van der Waals surface area contributed by atoms with Gasteiger partial charge in [0.15, 0.2) is 6.19 Å². The highest BCUT2D eigenvalue weighted by molar-refractivity contribution is 5.59. The number of nitriles is 1. The predicted molar refractivity (Wildman–Crippen MR) is 74.7 cm³/mol. The van der Waals surface area contributed by atoms with Crippen LogP contribution >= 0.6 is 0 Å². The Kier molecular flexibility index (Phi) is 5.46. The van der Waals surface area contributed by atoms with E-state index in [9.17, 15) is 0 Å². The van der Waals surface area contributed by atoms with E-state index in [4.69, 9.17) is 5.26 Å². The third-order valence-corrected chi connectivity index (χ3v) is 3.14. The van der Waals surface area contributed by atoms with Crippen LogP contribution in [0.3, 0.4) is 0 Å². The second kappa shape index (κ2) is 6.63. The monoisotopic (exact) mass is 250 g/mol. The van der Waals surface area contributed by atoms with Gasteiger partial charge in [0.25, 0.3) is 0 Å². The number of hydrogen-bond acceptors (Lipinski definition) is 4. The maximum absolute atomic E-state index is 9.12. The fourth-order valence-corrected chi connectivity index (χ4v) is 2.17. The highest BCUT2D eigenvalue weighted by Gasteiger charge is 2.31. The van der Waals surface area contributed by atoms with Crippen LogP contribution in [-0.2, 0) is 0 Å². The SMILES string of the molecule is CCCCCCN1N=CN(C#N)C1CC(C)(C)C. The average Bonchev–Trinajstić information content (AvgIpc) is 2.65. The van der Waals surface area contributed by atoms with Gasteiger partial charge in [0.2, 0.25) is 0 Å². The Hall–Kier alpha value is -1.24. The zero-order chi connectivity index (χ0) is 13.6. The summed E-state index contributed by atoms with van der Waals surface area (Å²) in [5, 5.41) is 15.6. The molecule has 0 amide bonds. The molecule has 0 spiro atoms. The quantitative estimate of drug-likeness (QED) is 0.536. The van der Waals surface area contributed by atoms with E-state index in [0.717, 1.165) is 19.4 Å². The van der Waals surface area contributed by atoms with Gasteiger partial charge in [0.1, 0.15) is 12.5 Å². The van der Waals surface area contributed by atoms with E-state index in [1.807, 2.05) is 0 Å². The molecule has 1 heterocycles. The van der Waals surface area contributed by atoms with Gasteiger partial charge in [-0.1, -0.05) is 47.0 Å².